The monoisotopic (exact) mass is 253 g/mol. The molecule has 1 aliphatic rings. The maximum atomic E-state index is 9.98. The largest absolute Gasteiger partial charge is 0.454 e. The van der Waals surface area contributed by atoms with Crippen molar-refractivity contribution in [2.45, 2.75) is 20.0 Å². The zero-order valence-corrected chi connectivity index (χ0v) is 10.7. The number of ether oxygens (including phenoxy) is 2. The highest BCUT2D eigenvalue weighted by atomic mass is 16.7. The molecule has 0 bridgehead atoms. The second-order valence-corrected chi connectivity index (χ2v) is 4.68. The van der Waals surface area contributed by atoms with Gasteiger partial charge in [-0.2, -0.15) is 5.48 Å². The fraction of sp³-hybridized carbons (Fsp3) is 0.538. The third-order valence-electron chi connectivity index (χ3n) is 2.58. The molecule has 0 fully saturated rings. The molecular formula is C13H19NO4. The normalized spacial score (nSPS) is 15.1. The number of hydrogen-bond donors (Lipinski definition) is 2. The van der Waals surface area contributed by atoms with E-state index in [4.69, 9.17) is 14.3 Å². The third-order valence-corrected chi connectivity index (χ3v) is 2.58. The first-order valence-electron chi connectivity index (χ1n) is 6.09. The van der Waals surface area contributed by atoms with Gasteiger partial charge >= 0.3 is 0 Å². The van der Waals surface area contributed by atoms with Crippen LogP contribution >= 0.6 is 0 Å². The number of fused-ring (bicyclic) bond motifs is 1. The lowest BCUT2D eigenvalue weighted by Crippen LogP contribution is -2.23. The quantitative estimate of drug-likeness (QED) is 0.596. The van der Waals surface area contributed by atoms with Crippen LogP contribution in [0.25, 0.3) is 0 Å². The predicted octanol–water partition coefficient (Wildman–Crippen LogP) is 1.63. The number of aliphatic hydroxyl groups is 1. The fourth-order valence-corrected chi connectivity index (χ4v) is 1.60. The standard InChI is InChI=1S/C13H19NO4/c1-9(2)7-18-14-6-11(15)10-3-4-12-13(5-10)17-8-16-12/h3-5,9,11,14-15H,6-8H2,1-2H3. The van der Waals surface area contributed by atoms with E-state index >= 15 is 0 Å². The van der Waals surface area contributed by atoms with Crippen molar-refractivity contribution < 1.29 is 19.4 Å². The van der Waals surface area contributed by atoms with Crippen LogP contribution < -0.4 is 15.0 Å². The summed E-state index contributed by atoms with van der Waals surface area (Å²) in [5, 5.41) is 9.98. The maximum absolute atomic E-state index is 9.98. The van der Waals surface area contributed by atoms with Crippen LogP contribution in [0, 0.1) is 5.92 Å². The second-order valence-electron chi connectivity index (χ2n) is 4.68. The van der Waals surface area contributed by atoms with Crippen molar-refractivity contribution in [1.29, 1.82) is 0 Å². The van der Waals surface area contributed by atoms with Gasteiger partial charge in [0.2, 0.25) is 6.79 Å². The minimum absolute atomic E-state index is 0.241. The Balaban J connectivity index is 1.83. The van der Waals surface area contributed by atoms with Crippen LogP contribution in [0.5, 0.6) is 11.5 Å². The zero-order chi connectivity index (χ0) is 13.0. The smallest absolute Gasteiger partial charge is 0.231 e. The number of hydrogen-bond acceptors (Lipinski definition) is 5. The van der Waals surface area contributed by atoms with Crippen molar-refractivity contribution in [1.82, 2.24) is 5.48 Å². The van der Waals surface area contributed by atoms with Crippen LogP contribution in [0.4, 0.5) is 0 Å². The first kappa shape index (κ1) is 13.1. The highest BCUT2D eigenvalue weighted by Crippen LogP contribution is 2.33. The average Bonchev–Trinajstić information content (AvgIpc) is 2.81. The summed E-state index contributed by atoms with van der Waals surface area (Å²) >= 11 is 0. The van der Waals surface area contributed by atoms with Crippen LogP contribution in [0.15, 0.2) is 18.2 Å². The molecule has 5 nitrogen and oxygen atoms in total. The first-order chi connectivity index (χ1) is 8.66. The third kappa shape index (κ3) is 3.35. The average molecular weight is 253 g/mol. The summed E-state index contributed by atoms with van der Waals surface area (Å²) in [5.41, 5.74) is 3.54. The molecule has 5 heteroatoms. The Morgan fingerprint density at radius 1 is 1.33 bits per heavy atom. The van der Waals surface area contributed by atoms with Crippen molar-refractivity contribution in [3.05, 3.63) is 23.8 Å². The fourth-order valence-electron chi connectivity index (χ4n) is 1.60. The number of aliphatic hydroxyl groups excluding tert-OH is 1. The Kier molecular flexibility index (Phi) is 4.41. The lowest BCUT2D eigenvalue weighted by molar-refractivity contribution is 0.000314. The van der Waals surface area contributed by atoms with Gasteiger partial charge in [-0.1, -0.05) is 19.9 Å². The molecule has 0 aliphatic carbocycles. The molecule has 0 spiro atoms. The van der Waals surface area contributed by atoms with E-state index < -0.39 is 6.10 Å². The van der Waals surface area contributed by atoms with Crippen molar-refractivity contribution in [3.8, 4) is 11.5 Å². The van der Waals surface area contributed by atoms with Gasteiger partial charge in [-0.3, -0.25) is 0 Å². The molecule has 0 saturated heterocycles. The minimum atomic E-state index is -0.633. The van der Waals surface area contributed by atoms with Gasteiger partial charge < -0.3 is 19.4 Å². The van der Waals surface area contributed by atoms with Crippen molar-refractivity contribution in [3.63, 3.8) is 0 Å². The molecule has 1 heterocycles. The van der Waals surface area contributed by atoms with E-state index in [2.05, 4.69) is 19.3 Å². The van der Waals surface area contributed by atoms with Gasteiger partial charge in [0.1, 0.15) is 0 Å². The number of nitrogens with one attached hydrogen (secondary N) is 1. The molecule has 0 amide bonds. The molecule has 0 aromatic heterocycles. The van der Waals surface area contributed by atoms with E-state index in [-0.39, 0.29) is 6.79 Å². The van der Waals surface area contributed by atoms with Gasteiger partial charge in [0.25, 0.3) is 0 Å². The summed E-state index contributed by atoms with van der Waals surface area (Å²) in [6.07, 6.45) is -0.633. The number of rotatable bonds is 6. The summed E-state index contributed by atoms with van der Waals surface area (Å²) < 4.78 is 10.5. The summed E-state index contributed by atoms with van der Waals surface area (Å²) in [6, 6.07) is 5.41. The molecule has 18 heavy (non-hydrogen) atoms. The first-order valence-corrected chi connectivity index (χ1v) is 6.09. The molecule has 1 unspecified atom stereocenters. The molecular weight excluding hydrogens is 234 g/mol. The lowest BCUT2D eigenvalue weighted by Gasteiger charge is -2.13. The number of benzene rings is 1. The summed E-state index contributed by atoms with van der Waals surface area (Å²) in [5.74, 6) is 1.85. The van der Waals surface area contributed by atoms with E-state index in [0.717, 1.165) is 11.3 Å². The SMILES string of the molecule is CC(C)CONCC(O)c1ccc2c(c1)OCO2. The molecule has 1 atom stereocenters. The topological polar surface area (TPSA) is 60.0 Å². The van der Waals surface area contributed by atoms with E-state index in [1.807, 2.05) is 6.07 Å². The van der Waals surface area contributed by atoms with Crippen LogP contribution in [0.2, 0.25) is 0 Å². The molecule has 0 radical (unpaired) electrons. The van der Waals surface area contributed by atoms with Gasteiger partial charge in [0, 0.05) is 0 Å². The molecule has 1 aromatic rings. The molecule has 100 valence electrons. The van der Waals surface area contributed by atoms with Crippen LogP contribution in [-0.2, 0) is 4.84 Å². The maximum Gasteiger partial charge on any atom is 0.231 e. The van der Waals surface area contributed by atoms with Crippen LogP contribution in [-0.4, -0.2) is 25.1 Å². The Morgan fingerprint density at radius 3 is 2.89 bits per heavy atom. The Hall–Kier alpha value is -1.30. The Bertz CT molecular complexity index is 395. The Morgan fingerprint density at radius 2 is 2.11 bits per heavy atom. The van der Waals surface area contributed by atoms with Crippen molar-refractivity contribution in [2.75, 3.05) is 19.9 Å². The molecule has 1 aromatic carbocycles. The van der Waals surface area contributed by atoms with Crippen LogP contribution in [0.3, 0.4) is 0 Å². The highest BCUT2D eigenvalue weighted by Gasteiger charge is 2.16. The van der Waals surface area contributed by atoms with E-state index in [1.165, 1.54) is 0 Å². The van der Waals surface area contributed by atoms with E-state index in [1.54, 1.807) is 12.1 Å². The van der Waals surface area contributed by atoms with Gasteiger partial charge in [-0.25, -0.2) is 0 Å². The van der Waals surface area contributed by atoms with Gasteiger partial charge in [-0.15, -0.1) is 0 Å². The summed E-state index contributed by atoms with van der Waals surface area (Å²) in [4.78, 5) is 5.21. The van der Waals surface area contributed by atoms with E-state index in [9.17, 15) is 5.11 Å². The van der Waals surface area contributed by atoms with Gasteiger partial charge in [-0.05, 0) is 23.6 Å². The molecule has 0 saturated carbocycles. The molecule has 2 N–H and O–H groups in total. The summed E-state index contributed by atoms with van der Waals surface area (Å²) in [7, 11) is 0. The number of hydroxylamine groups is 1. The van der Waals surface area contributed by atoms with Crippen LogP contribution in [0.1, 0.15) is 25.5 Å². The summed E-state index contributed by atoms with van der Waals surface area (Å²) in [6.45, 7) is 5.33. The molecule has 1 aliphatic heterocycles. The Labute approximate surface area is 107 Å². The van der Waals surface area contributed by atoms with Crippen molar-refractivity contribution >= 4 is 0 Å². The second kappa shape index (κ2) is 6.04. The van der Waals surface area contributed by atoms with Crippen molar-refractivity contribution in [2.24, 2.45) is 5.92 Å². The predicted molar refractivity (Wildman–Crippen MR) is 66.3 cm³/mol. The highest BCUT2D eigenvalue weighted by molar-refractivity contribution is 5.45. The zero-order valence-electron chi connectivity index (χ0n) is 10.7. The van der Waals surface area contributed by atoms with Gasteiger partial charge in [0.15, 0.2) is 11.5 Å². The lowest BCUT2D eigenvalue weighted by atomic mass is 10.1. The van der Waals surface area contributed by atoms with E-state index in [0.29, 0.717) is 24.8 Å². The molecule has 2 rings (SSSR count). The minimum Gasteiger partial charge on any atom is -0.454 e. The van der Waals surface area contributed by atoms with Gasteiger partial charge in [0.05, 0.1) is 19.3 Å².